The zero-order valence-electron chi connectivity index (χ0n) is 13.5. The van der Waals surface area contributed by atoms with E-state index in [2.05, 4.69) is 15.0 Å². The third kappa shape index (κ3) is 2.41. The molecular formula is C16H17N5O2S. The molecule has 0 N–H and O–H groups in total. The number of aryl methyl sites for hydroxylation is 1. The Labute approximate surface area is 143 Å². The number of fused-ring (bicyclic) bond motifs is 2. The average molecular weight is 343 g/mol. The van der Waals surface area contributed by atoms with Crippen LogP contribution in [0.15, 0.2) is 22.5 Å². The molecule has 0 saturated carbocycles. The molecule has 2 aliphatic heterocycles. The summed E-state index contributed by atoms with van der Waals surface area (Å²) in [6.07, 6.45) is 3.58. The molecule has 0 radical (unpaired) electrons. The molecule has 124 valence electrons. The lowest BCUT2D eigenvalue weighted by molar-refractivity contribution is -0.132. The minimum absolute atomic E-state index is 0.0316. The maximum absolute atomic E-state index is 12.7. The van der Waals surface area contributed by atoms with Crippen LogP contribution >= 0.6 is 11.8 Å². The van der Waals surface area contributed by atoms with Gasteiger partial charge in [-0.2, -0.15) is 0 Å². The Balaban J connectivity index is 1.54. The van der Waals surface area contributed by atoms with Gasteiger partial charge in [-0.1, -0.05) is 11.8 Å². The van der Waals surface area contributed by atoms with E-state index < -0.39 is 0 Å². The lowest BCUT2D eigenvalue weighted by atomic mass is 10.2. The molecular weight excluding hydrogens is 326 g/mol. The number of thioether (sulfide) groups is 1. The van der Waals surface area contributed by atoms with Gasteiger partial charge in [0.15, 0.2) is 5.16 Å². The minimum Gasteiger partial charge on any atom is -0.332 e. The van der Waals surface area contributed by atoms with Crippen molar-refractivity contribution in [2.75, 3.05) is 5.75 Å². The highest BCUT2D eigenvalue weighted by Crippen LogP contribution is 2.33. The number of amides is 1. The first-order valence-corrected chi connectivity index (χ1v) is 8.81. The Morgan fingerprint density at radius 2 is 2.21 bits per heavy atom. The van der Waals surface area contributed by atoms with Crippen molar-refractivity contribution < 1.29 is 4.79 Å². The number of rotatable bonds is 2. The van der Waals surface area contributed by atoms with Crippen molar-refractivity contribution in [1.29, 1.82) is 0 Å². The number of nitrogens with zero attached hydrogens (tertiary/aromatic N) is 5. The van der Waals surface area contributed by atoms with Gasteiger partial charge in [0.25, 0.3) is 5.56 Å². The number of carbonyl (C=O) groups excluding carboxylic acids is 1. The van der Waals surface area contributed by atoms with Gasteiger partial charge in [-0.15, -0.1) is 0 Å². The molecule has 0 aliphatic carbocycles. The predicted molar refractivity (Wildman–Crippen MR) is 88.6 cm³/mol. The van der Waals surface area contributed by atoms with E-state index in [1.807, 2.05) is 6.92 Å². The van der Waals surface area contributed by atoms with Crippen LogP contribution < -0.4 is 5.56 Å². The van der Waals surface area contributed by atoms with Crippen LogP contribution in [-0.4, -0.2) is 36.1 Å². The van der Waals surface area contributed by atoms with Crippen LogP contribution in [0.5, 0.6) is 0 Å². The third-order valence-corrected chi connectivity index (χ3v) is 5.77. The van der Waals surface area contributed by atoms with Crippen LogP contribution in [0.25, 0.3) is 0 Å². The summed E-state index contributed by atoms with van der Waals surface area (Å²) in [5.74, 6) is 0.744. The molecule has 0 aromatic carbocycles. The predicted octanol–water partition coefficient (Wildman–Crippen LogP) is 1.23. The molecule has 7 nitrogen and oxygen atoms in total. The van der Waals surface area contributed by atoms with Crippen molar-refractivity contribution in [2.45, 2.75) is 44.6 Å². The molecule has 2 aromatic heterocycles. The van der Waals surface area contributed by atoms with Crippen molar-refractivity contribution in [1.82, 2.24) is 24.4 Å². The zero-order chi connectivity index (χ0) is 16.8. The second kappa shape index (κ2) is 5.70. The van der Waals surface area contributed by atoms with Crippen molar-refractivity contribution >= 4 is 17.7 Å². The quantitative estimate of drug-likeness (QED) is 0.763. The Kier molecular flexibility index (Phi) is 3.64. The molecule has 2 aliphatic rings. The fourth-order valence-corrected chi connectivity index (χ4v) is 4.31. The first-order valence-electron chi connectivity index (χ1n) is 7.82. The summed E-state index contributed by atoms with van der Waals surface area (Å²) in [5.41, 5.74) is 3.29. The molecule has 0 fully saturated rings. The van der Waals surface area contributed by atoms with Crippen LogP contribution in [0.4, 0.5) is 0 Å². The molecule has 24 heavy (non-hydrogen) atoms. The second-order valence-corrected chi connectivity index (χ2v) is 7.18. The van der Waals surface area contributed by atoms with Crippen LogP contribution in [0.3, 0.4) is 0 Å². The smallest absolute Gasteiger partial charge is 0.257 e. The Morgan fingerprint density at radius 1 is 1.38 bits per heavy atom. The molecule has 0 bridgehead atoms. The average Bonchev–Trinajstić information content (AvgIpc) is 3.17. The minimum atomic E-state index is -0.133. The van der Waals surface area contributed by atoms with E-state index in [-0.39, 0.29) is 17.5 Å². The Hall–Kier alpha value is -2.22. The SMILES string of the molecule is Cc1nc2n(c(=O)c1C)C(CC(=O)N1Cc3cncnc3C1)CS2. The molecule has 1 amide bonds. The highest BCUT2D eigenvalue weighted by atomic mass is 32.2. The first kappa shape index (κ1) is 15.3. The lowest BCUT2D eigenvalue weighted by Gasteiger charge is -2.19. The molecule has 2 aromatic rings. The normalized spacial score (nSPS) is 18.6. The van der Waals surface area contributed by atoms with E-state index in [0.717, 1.165) is 22.1 Å². The lowest BCUT2D eigenvalue weighted by Crippen LogP contribution is -2.32. The molecule has 0 spiro atoms. The highest BCUT2D eigenvalue weighted by molar-refractivity contribution is 7.99. The summed E-state index contributed by atoms with van der Waals surface area (Å²) in [5, 5.41) is 0.719. The molecule has 4 heterocycles. The van der Waals surface area contributed by atoms with Crippen LogP contribution in [0.2, 0.25) is 0 Å². The number of aromatic nitrogens is 4. The topological polar surface area (TPSA) is 81.0 Å². The van der Waals surface area contributed by atoms with Crippen molar-refractivity contribution in [3.8, 4) is 0 Å². The molecule has 1 atom stereocenters. The number of hydrogen-bond donors (Lipinski definition) is 0. The van der Waals surface area contributed by atoms with Gasteiger partial charge < -0.3 is 4.90 Å². The molecule has 8 heteroatoms. The number of hydrogen-bond acceptors (Lipinski definition) is 6. The van der Waals surface area contributed by atoms with E-state index in [0.29, 0.717) is 30.8 Å². The van der Waals surface area contributed by atoms with Gasteiger partial charge >= 0.3 is 0 Å². The van der Waals surface area contributed by atoms with E-state index in [1.165, 1.54) is 6.33 Å². The molecule has 4 rings (SSSR count). The molecule has 1 unspecified atom stereocenters. The van der Waals surface area contributed by atoms with E-state index >= 15 is 0 Å². The third-order valence-electron chi connectivity index (χ3n) is 4.67. The maximum atomic E-state index is 12.7. The van der Waals surface area contributed by atoms with Gasteiger partial charge in [-0.3, -0.25) is 14.2 Å². The van der Waals surface area contributed by atoms with Crippen LogP contribution in [0.1, 0.15) is 35.0 Å². The summed E-state index contributed by atoms with van der Waals surface area (Å²) in [4.78, 5) is 39.7. The Morgan fingerprint density at radius 3 is 3.00 bits per heavy atom. The fourth-order valence-electron chi connectivity index (χ4n) is 3.13. The van der Waals surface area contributed by atoms with E-state index in [4.69, 9.17) is 0 Å². The highest BCUT2D eigenvalue weighted by Gasteiger charge is 2.32. The van der Waals surface area contributed by atoms with Gasteiger partial charge in [0, 0.05) is 41.7 Å². The summed E-state index contributed by atoms with van der Waals surface area (Å²) in [7, 11) is 0. The summed E-state index contributed by atoms with van der Waals surface area (Å²) in [6.45, 7) is 4.69. The number of carbonyl (C=O) groups is 1. The second-order valence-electron chi connectivity index (χ2n) is 6.19. The van der Waals surface area contributed by atoms with Crippen LogP contribution in [-0.2, 0) is 17.9 Å². The van der Waals surface area contributed by atoms with Crippen LogP contribution in [0, 0.1) is 13.8 Å². The maximum Gasteiger partial charge on any atom is 0.257 e. The van der Waals surface area contributed by atoms with E-state index in [1.54, 1.807) is 34.3 Å². The van der Waals surface area contributed by atoms with Gasteiger partial charge in [-0.05, 0) is 13.8 Å². The van der Waals surface area contributed by atoms with Crippen molar-refractivity contribution in [3.63, 3.8) is 0 Å². The van der Waals surface area contributed by atoms with Gasteiger partial charge in [0.2, 0.25) is 5.91 Å². The summed E-state index contributed by atoms with van der Waals surface area (Å²) < 4.78 is 1.69. The molecule has 0 saturated heterocycles. The largest absolute Gasteiger partial charge is 0.332 e. The Bertz CT molecular complexity index is 870. The summed E-state index contributed by atoms with van der Waals surface area (Å²) >= 11 is 1.54. The fraction of sp³-hybridized carbons (Fsp3) is 0.438. The first-order chi connectivity index (χ1) is 11.5. The van der Waals surface area contributed by atoms with E-state index in [9.17, 15) is 9.59 Å². The summed E-state index contributed by atoms with van der Waals surface area (Å²) in [6, 6.07) is -0.133. The zero-order valence-corrected chi connectivity index (χ0v) is 14.3. The van der Waals surface area contributed by atoms with Gasteiger partial charge in [0.05, 0.1) is 18.3 Å². The van der Waals surface area contributed by atoms with Crippen molar-refractivity contribution in [3.05, 3.63) is 45.4 Å². The van der Waals surface area contributed by atoms with Gasteiger partial charge in [-0.25, -0.2) is 15.0 Å². The monoisotopic (exact) mass is 343 g/mol. The van der Waals surface area contributed by atoms with Gasteiger partial charge in [0.1, 0.15) is 6.33 Å². The van der Waals surface area contributed by atoms with Crippen molar-refractivity contribution in [2.24, 2.45) is 0 Å². The standard InChI is InChI=1S/C16H17N5O2S/c1-9-10(2)19-16-21(15(9)23)12(7-24-16)3-14(22)20-5-11-4-17-8-18-13(11)6-20/h4,8,12H,3,5-7H2,1-2H3.